The standard InChI is InChI=1S/C48H44N4O.Pt/c1-46(2,3)32-23-26-49-45(27-32)52-41-16-9-8-15-37(41)38-21-20-36(30-44(38)52)53-35-14-12-13-33(28-35)50-31-51(43-18-11-10-17-42(43)50)34-19-22-39-40(29-34)48(6,7)25-24-47(39,4)5;/h8-23,26-27,29H,24-25H2,1-7H3;/q-2;. The first-order chi connectivity index (χ1) is 25.4. The number of imidazole rings is 1. The van der Waals surface area contributed by atoms with E-state index in [1.165, 1.54) is 29.5 Å². The zero-order valence-corrected chi connectivity index (χ0v) is 34.2. The predicted molar refractivity (Wildman–Crippen MR) is 214 cm³/mol. The van der Waals surface area contributed by atoms with E-state index in [1.54, 1.807) is 0 Å². The van der Waals surface area contributed by atoms with Crippen molar-refractivity contribution < 1.29 is 30.4 Å². The number of hydrogen-bond donors (Lipinski definition) is 0. The van der Waals surface area contributed by atoms with Gasteiger partial charge in [-0.2, -0.15) is 18.2 Å². The van der Waals surface area contributed by atoms with Gasteiger partial charge in [-0.3, -0.25) is 4.57 Å². The molecule has 9 rings (SSSR count). The van der Waals surface area contributed by atoms with Crippen molar-refractivity contribution in [2.45, 2.75) is 77.6 Å². The van der Waals surface area contributed by atoms with E-state index in [1.807, 2.05) is 24.4 Å². The molecule has 6 heteroatoms. The number of rotatable bonds is 5. The van der Waals surface area contributed by atoms with Crippen molar-refractivity contribution in [3.05, 3.63) is 151 Å². The summed E-state index contributed by atoms with van der Waals surface area (Å²) in [7, 11) is 0. The van der Waals surface area contributed by atoms with Crippen LogP contribution in [0.5, 0.6) is 11.5 Å². The number of pyridine rings is 1. The molecule has 0 saturated heterocycles. The molecule has 54 heavy (non-hydrogen) atoms. The minimum Gasteiger partial charge on any atom is -0.510 e. The van der Waals surface area contributed by atoms with Crippen LogP contribution < -0.4 is 9.30 Å². The smallest absolute Gasteiger partial charge is 0.268 e. The minimum atomic E-state index is -0.00825. The fourth-order valence-corrected chi connectivity index (χ4v) is 8.07. The Morgan fingerprint density at radius 3 is 2.22 bits per heavy atom. The second kappa shape index (κ2) is 13.1. The van der Waals surface area contributed by atoms with Crippen LogP contribution in [0, 0.1) is 18.5 Å². The van der Waals surface area contributed by atoms with E-state index in [4.69, 9.17) is 9.72 Å². The van der Waals surface area contributed by atoms with Gasteiger partial charge in [-0.15, -0.1) is 29.7 Å². The molecular formula is C48H44N4OPt-2. The zero-order chi connectivity index (χ0) is 36.7. The van der Waals surface area contributed by atoms with Crippen molar-refractivity contribution >= 4 is 32.8 Å². The van der Waals surface area contributed by atoms with Gasteiger partial charge in [-0.05, 0) is 87.2 Å². The summed E-state index contributed by atoms with van der Waals surface area (Å²) in [5, 5.41) is 2.25. The molecule has 5 nitrogen and oxygen atoms in total. The summed E-state index contributed by atoms with van der Waals surface area (Å²) in [5.74, 6) is 2.07. The summed E-state index contributed by atoms with van der Waals surface area (Å²) < 4.78 is 13.0. The van der Waals surface area contributed by atoms with E-state index in [9.17, 15) is 0 Å². The summed E-state index contributed by atoms with van der Waals surface area (Å²) in [6.07, 6.45) is 7.94. The van der Waals surface area contributed by atoms with E-state index >= 15 is 0 Å². The van der Waals surface area contributed by atoms with Gasteiger partial charge in [0.25, 0.3) is 6.33 Å². The zero-order valence-electron chi connectivity index (χ0n) is 31.9. The fourth-order valence-electron chi connectivity index (χ4n) is 8.07. The second-order valence-corrected chi connectivity index (χ2v) is 16.8. The van der Waals surface area contributed by atoms with Crippen molar-refractivity contribution in [1.82, 2.24) is 14.1 Å². The molecule has 8 aromatic rings. The maximum Gasteiger partial charge on any atom is 0.268 e. The molecule has 0 aliphatic heterocycles. The molecule has 0 N–H and O–H groups in total. The molecule has 0 radical (unpaired) electrons. The van der Waals surface area contributed by atoms with Crippen LogP contribution in [-0.4, -0.2) is 14.1 Å². The Morgan fingerprint density at radius 2 is 1.43 bits per heavy atom. The van der Waals surface area contributed by atoms with E-state index in [-0.39, 0.29) is 37.3 Å². The maximum atomic E-state index is 6.54. The summed E-state index contributed by atoms with van der Waals surface area (Å²) in [6.45, 7) is 16.2. The topological polar surface area (TPSA) is 35.9 Å². The number of hydrogen-bond acceptors (Lipinski definition) is 2. The summed E-state index contributed by atoms with van der Waals surface area (Å²) >= 11 is 0. The molecule has 0 saturated carbocycles. The molecule has 0 bridgehead atoms. The van der Waals surface area contributed by atoms with E-state index in [0.29, 0.717) is 11.5 Å². The molecule has 3 aromatic heterocycles. The first-order valence-electron chi connectivity index (χ1n) is 18.6. The van der Waals surface area contributed by atoms with Crippen LogP contribution in [0.2, 0.25) is 0 Å². The van der Waals surface area contributed by atoms with Gasteiger partial charge in [0.15, 0.2) is 0 Å². The third kappa shape index (κ3) is 6.07. The first kappa shape index (κ1) is 36.0. The van der Waals surface area contributed by atoms with E-state index in [0.717, 1.165) is 50.0 Å². The maximum absolute atomic E-state index is 6.54. The van der Waals surface area contributed by atoms with Crippen molar-refractivity contribution in [1.29, 1.82) is 0 Å². The largest absolute Gasteiger partial charge is 0.510 e. The summed E-state index contributed by atoms with van der Waals surface area (Å²) in [6, 6.07) is 45.4. The quantitative estimate of drug-likeness (QED) is 0.128. The Morgan fingerprint density at radius 1 is 0.704 bits per heavy atom. The van der Waals surface area contributed by atoms with Crippen molar-refractivity contribution in [3.8, 4) is 28.7 Å². The van der Waals surface area contributed by atoms with Gasteiger partial charge in [0.1, 0.15) is 5.82 Å². The fraction of sp³-hybridized carbons (Fsp3) is 0.250. The third-order valence-electron chi connectivity index (χ3n) is 11.3. The van der Waals surface area contributed by atoms with Crippen LogP contribution >= 0.6 is 0 Å². The van der Waals surface area contributed by atoms with Gasteiger partial charge in [0.05, 0.1) is 16.7 Å². The number of aromatic nitrogens is 4. The van der Waals surface area contributed by atoms with Crippen LogP contribution in [0.1, 0.15) is 78.0 Å². The van der Waals surface area contributed by atoms with E-state index in [2.05, 4.69) is 172 Å². The Labute approximate surface area is 332 Å². The SMILES string of the molecule is CC(C)(C)c1ccnc(-n2c3[c-]c(Oc4[c-]c(-n5[c-][n+](-c6ccc7c(c6)C(C)(C)CCC7(C)C)c6ccccc65)ccc4)ccc3c3ccccc32)c1.[Pt]. The van der Waals surface area contributed by atoms with Crippen LogP contribution in [0.3, 0.4) is 0 Å². The molecule has 0 atom stereocenters. The van der Waals surface area contributed by atoms with Crippen LogP contribution in [0.25, 0.3) is 50.0 Å². The van der Waals surface area contributed by atoms with Gasteiger partial charge in [-0.1, -0.05) is 103 Å². The minimum absolute atomic E-state index is 0. The molecule has 1 aliphatic carbocycles. The molecular weight excluding hydrogens is 844 g/mol. The Balaban J connectivity index is 0.00000413. The molecule has 1 aliphatic rings. The van der Waals surface area contributed by atoms with E-state index < -0.39 is 0 Å². The number of para-hydroxylation sites is 3. The average molecular weight is 888 g/mol. The predicted octanol–water partition coefficient (Wildman–Crippen LogP) is 11.2. The average Bonchev–Trinajstić information content (AvgIpc) is 3.69. The second-order valence-electron chi connectivity index (χ2n) is 16.8. The number of fused-ring (bicyclic) bond motifs is 5. The Kier molecular flexibility index (Phi) is 8.73. The van der Waals surface area contributed by atoms with Gasteiger partial charge in [0, 0.05) is 44.3 Å². The van der Waals surface area contributed by atoms with Crippen molar-refractivity contribution in [2.24, 2.45) is 0 Å². The van der Waals surface area contributed by atoms with Crippen molar-refractivity contribution in [3.63, 3.8) is 0 Å². The molecule has 0 fully saturated rings. The van der Waals surface area contributed by atoms with Crippen LogP contribution in [-0.2, 0) is 37.3 Å². The van der Waals surface area contributed by atoms with Gasteiger partial charge >= 0.3 is 0 Å². The monoisotopic (exact) mass is 887 g/mol. The van der Waals surface area contributed by atoms with Crippen molar-refractivity contribution in [2.75, 3.05) is 0 Å². The number of benzene rings is 5. The number of ether oxygens (including phenoxy) is 1. The normalized spacial score (nSPS) is 14.9. The molecule has 5 aromatic carbocycles. The van der Waals surface area contributed by atoms with Gasteiger partial charge in [-0.25, -0.2) is 4.98 Å². The first-order valence-corrected chi connectivity index (χ1v) is 18.6. The Hall–Kier alpha value is -4.99. The summed E-state index contributed by atoms with van der Waals surface area (Å²) in [4.78, 5) is 4.83. The summed E-state index contributed by atoms with van der Waals surface area (Å²) in [5.41, 5.74) is 10.4. The molecule has 274 valence electrons. The molecule has 0 amide bonds. The van der Waals surface area contributed by atoms with Gasteiger partial charge in [0.2, 0.25) is 0 Å². The molecule has 0 spiro atoms. The molecule has 0 unspecified atom stereocenters. The third-order valence-corrected chi connectivity index (χ3v) is 11.3. The van der Waals surface area contributed by atoms with Crippen LogP contribution in [0.4, 0.5) is 0 Å². The molecule has 3 heterocycles. The van der Waals surface area contributed by atoms with Crippen LogP contribution in [0.15, 0.2) is 115 Å². The Bertz CT molecular complexity index is 2710. The number of nitrogens with zero attached hydrogens (tertiary/aromatic N) is 4. The van der Waals surface area contributed by atoms with Gasteiger partial charge < -0.3 is 13.9 Å².